The Morgan fingerprint density at radius 3 is 2.50 bits per heavy atom. The number of hydrogen-bond acceptors (Lipinski definition) is 2. The molecule has 0 N–H and O–H groups in total. The van der Waals surface area contributed by atoms with E-state index in [9.17, 15) is 0 Å². The topological polar surface area (TPSA) is 9.23 Å². The van der Waals surface area contributed by atoms with E-state index in [1.165, 1.54) is 18.6 Å². The molecule has 0 aromatic rings. The van der Waals surface area contributed by atoms with Gasteiger partial charge in [0.05, 0.1) is 18.0 Å². The normalized spacial score (nSPS) is 33.0. The molecular weight excluding hydrogens is 120 g/mol. The minimum atomic E-state index is 0.611. The number of thioether (sulfide) groups is 1. The van der Waals surface area contributed by atoms with Crippen LogP contribution in [0.3, 0.4) is 0 Å². The molecule has 2 saturated heterocycles. The molecule has 2 aliphatic heterocycles. The summed E-state index contributed by atoms with van der Waals surface area (Å²) in [6.07, 6.45) is 2.81. The van der Waals surface area contributed by atoms with Crippen molar-refractivity contribution in [3.8, 4) is 0 Å². The fourth-order valence-corrected chi connectivity index (χ4v) is 2.66. The van der Waals surface area contributed by atoms with Gasteiger partial charge in [-0.2, -0.15) is 11.8 Å². The van der Waals surface area contributed by atoms with Crippen molar-refractivity contribution in [2.45, 2.75) is 17.6 Å². The van der Waals surface area contributed by atoms with Crippen molar-refractivity contribution < 1.29 is 4.74 Å². The van der Waals surface area contributed by atoms with E-state index in [1.807, 2.05) is 0 Å². The first kappa shape index (κ1) is 5.12. The highest BCUT2D eigenvalue weighted by atomic mass is 32.2. The third-order valence-electron chi connectivity index (χ3n) is 1.92. The molecule has 0 unspecified atom stereocenters. The SMILES string of the molecule is C1CSC2(C1)COC2. The van der Waals surface area contributed by atoms with Gasteiger partial charge in [-0.25, -0.2) is 0 Å². The van der Waals surface area contributed by atoms with Gasteiger partial charge in [-0.1, -0.05) is 0 Å². The predicted octanol–water partition coefficient (Wildman–Crippen LogP) is 1.28. The van der Waals surface area contributed by atoms with Crippen LogP contribution in [0.15, 0.2) is 0 Å². The van der Waals surface area contributed by atoms with E-state index >= 15 is 0 Å². The Morgan fingerprint density at radius 2 is 2.25 bits per heavy atom. The second-order valence-electron chi connectivity index (χ2n) is 2.63. The Labute approximate surface area is 53.8 Å². The van der Waals surface area contributed by atoms with Crippen LogP contribution in [0.5, 0.6) is 0 Å². The van der Waals surface area contributed by atoms with Crippen molar-refractivity contribution in [1.82, 2.24) is 0 Å². The summed E-state index contributed by atoms with van der Waals surface area (Å²) in [5.74, 6) is 1.36. The summed E-state index contributed by atoms with van der Waals surface area (Å²) in [5.41, 5.74) is 0. The van der Waals surface area contributed by atoms with Crippen LogP contribution >= 0.6 is 11.8 Å². The predicted molar refractivity (Wildman–Crippen MR) is 35.2 cm³/mol. The zero-order valence-corrected chi connectivity index (χ0v) is 5.67. The Kier molecular flexibility index (Phi) is 1.05. The van der Waals surface area contributed by atoms with Crippen LogP contribution in [0.25, 0.3) is 0 Å². The van der Waals surface area contributed by atoms with Crippen molar-refractivity contribution in [2.24, 2.45) is 0 Å². The third-order valence-corrected chi connectivity index (χ3v) is 3.46. The van der Waals surface area contributed by atoms with E-state index in [0.717, 1.165) is 13.2 Å². The molecule has 1 spiro atoms. The molecule has 0 bridgehead atoms. The summed E-state index contributed by atoms with van der Waals surface area (Å²) in [4.78, 5) is 0. The van der Waals surface area contributed by atoms with Gasteiger partial charge in [-0.05, 0) is 18.6 Å². The van der Waals surface area contributed by atoms with Crippen molar-refractivity contribution >= 4 is 11.8 Å². The van der Waals surface area contributed by atoms with Gasteiger partial charge in [0.25, 0.3) is 0 Å². The van der Waals surface area contributed by atoms with E-state index in [4.69, 9.17) is 4.74 Å². The van der Waals surface area contributed by atoms with Gasteiger partial charge in [-0.3, -0.25) is 0 Å². The highest BCUT2D eigenvalue weighted by Gasteiger charge is 2.41. The highest BCUT2D eigenvalue weighted by molar-refractivity contribution is 8.01. The maximum Gasteiger partial charge on any atom is 0.0636 e. The fourth-order valence-electron chi connectivity index (χ4n) is 1.31. The second kappa shape index (κ2) is 1.64. The van der Waals surface area contributed by atoms with E-state index in [-0.39, 0.29) is 0 Å². The Bertz CT molecular complexity index is 90.7. The number of ether oxygens (including phenoxy) is 1. The first-order valence-corrected chi connectivity index (χ1v) is 4.12. The Morgan fingerprint density at radius 1 is 1.38 bits per heavy atom. The molecule has 46 valence electrons. The van der Waals surface area contributed by atoms with Crippen molar-refractivity contribution in [1.29, 1.82) is 0 Å². The van der Waals surface area contributed by atoms with Crippen molar-refractivity contribution in [3.05, 3.63) is 0 Å². The van der Waals surface area contributed by atoms with Gasteiger partial charge in [0.2, 0.25) is 0 Å². The van der Waals surface area contributed by atoms with Crippen LogP contribution in [0.4, 0.5) is 0 Å². The van der Waals surface area contributed by atoms with Gasteiger partial charge in [0, 0.05) is 0 Å². The van der Waals surface area contributed by atoms with E-state index in [1.54, 1.807) is 0 Å². The molecule has 2 aliphatic rings. The summed E-state index contributed by atoms with van der Waals surface area (Å²) >= 11 is 2.11. The minimum absolute atomic E-state index is 0.611. The molecule has 0 amide bonds. The maximum absolute atomic E-state index is 5.14. The maximum atomic E-state index is 5.14. The molecule has 0 aliphatic carbocycles. The summed E-state index contributed by atoms with van der Waals surface area (Å²) < 4.78 is 5.75. The van der Waals surface area contributed by atoms with Crippen molar-refractivity contribution in [3.63, 3.8) is 0 Å². The zero-order valence-electron chi connectivity index (χ0n) is 4.85. The molecule has 8 heavy (non-hydrogen) atoms. The Balaban J connectivity index is 2.01. The first-order valence-electron chi connectivity index (χ1n) is 3.13. The highest BCUT2D eigenvalue weighted by Crippen LogP contribution is 2.43. The molecule has 2 fully saturated rings. The number of hydrogen-bond donors (Lipinski definition) is 0. The van der Waals surface area contributed by atoms with Crippen LogP contribution < -0.4 is 0 Å². The van der Waals surface area contributed by atoms with Crippen LogP contribution in [-0.4, -0.2) is 23.7 Å². The first-order chi connectivity index (χ1) is 3.91. The van der Waals surface area contributed by atoms with Gasteiger partial charge < -0.3 is 4.74 Å². The average Bonchev–Trinajstić information content (AvgIpc) is 2.07. The second-order valence-corrected chi connectivity index (χ2v) is 4.19. The molecule has 0 aromatic heterocycles. The van der Waals surface area contributed by atoms with Crippen LogP contribution in [0.1, 0.15) is 12.8 Å². The summed E-state index contributed by atoms with van der Waals surface area (Å²) in [5, 5.41) is 0. The van der Waals surface area contributed by atoms with Crippen LogP contribution in [0.2, 0.25) is 0 Å². The molecule has 0 radical (unpaired) electrons. The monoisotopic (exact) mass is 130 g/mol. The quantitative estimate of drug-likeness (QED) is 0.488. The summed E-state index contributed by atoms with van der Waals surface area (Å²) in [7, 11) is 0. The smallest absolute Gasteiger partial charge is 0.0636 e. The lowest BCUT2D eigenvalue weighted by Gasteiger charge is -2.36. The largest absolute Gasteiger partial charge is 0.378 e. The molecule has 1 nitrogen and oxygen atoms in total. The summed E-state index contributed by atoms with van der Waals surface area (Å²) in [6, 6.07) is 0. The zero-order chi connectivity index (χ0) is 5.45. The third kappa shape index (κ3) is 0.594. The van der Waals surface area contributed by atoms with Gasteiger partial charge in [-0.15, -0.1) is 0 Å². The molecule has 0 atom stereocenters. The number of rotatable bonds is 0. The van der Waals surface area contributed by atoms with Gasteiger partial charge >= 0.3 is 0 Å². The molecule has 2 heterocycles. The average molecular weight is 130 g/mol. The van der Waals surface area contributed by atoms with Crippen molar-refractivity contribution in [2.75, 3.05) is 19.0 Å². The molecule has 2 heteroatoms. The lowest BCUT2D eigenvalue weighted by molar-refractivity contribution is -0.00914. The van der Waals surface area contributed by atoms with E-state index < -0.39 is 0 Å². The van der Waals surface area contributed by atoms with E-state index in [2.05, 4.69) is 11.8 Å². The van der Waals surface area contributed by atoms with E-state index in [0.29, 0.717) is 4.75 Å². The van der Waals surface area contributed by atoms with Crippen LogP contribution in [-0.2, 0) is 4.74 Å². The minimum Gasteiger partial charge on any atom is -0.378 e. The lowest BCUT2D eigenvalue weighted by atomic mass is 10.0. The van der Waals surface area contributed by atoms with Gasteiger partial charge in [0.15, 0.2) is 0 Å². The van der Waals surface area contributed by atoms with Gasteiger partial charge in [0.1, 0.15) is 0 Å². The lowest BCUT2D eigenvalue weighted by Crippen LogP contribution is -2.44. The Hall–Kier alpha value is 0.310. The molecule has 0 aromatic carbocycles. The molecule has 0 saturated carbocycles. The summed E-state index contributed by atoms with van der Waals surface area (Å²) in [6.45, 7) is 2.05. The fraction of sp³-hybridized carbons (Fsp3) is 1.00. The molecule has 2 rings (SSSR count). The molecular formula is C6H10OS. The van der Waals surface area contributed by atoms with Crippen LogP contribution in [0, 0.1) is 0 Å². The standard InChI is InChI=1S/C6H10OS/c1-2-6(8-3-1)4-7-5-6/h1-5H2.